The number of nitrogens with zero attached hydrogens (tertiary/aromatic N) is 2. The fraction of sp³-hybridized carbons (Fsp3) is 0.182. The average molecular weight is 266 g/mol. The maximum atomic E-state index is 12.1. The number of anilines is 2. The van der Waals surface area contributed by atoms with Crippen molar-refractivity contribution >= 4 is 21.4 Å². The molecule has 0 spiro atoms. The molecule has 2 rings (SSSR count). The molecule has 0 bridgehead atoms. The van der Waals surface area contributed by atoms with Gasteiger partial charge < -0.3 is 5.73 Å². The second-order valence-electron chi connectivity index (χ2n) is 4.09. The molecule has 0 fully saturated rings. The van der Waals surface area contributed by atoms with E-state index in [0.29, 0.717) is 11.4 Å². The van der Waals surface area contributed by atoms with E-state index in [4.69, 9.17) is 5.73 Å². The Balaban J connectivity index is 2.36. The van der Waals surface area contributed by atoms with Gasteiger partial charge in [0.15, 0.2) is 0 Å². The molecule has 0 aliphatic heterocycles. The fourth-order valence-electron chi connectivity index (χ4n) is 1.62. The molecule has 18 heavy (non-hydrogen) atoms. The molecule has 0 atom stereocenters. The molecule has 0 unspecified atom stereocenters. The Morgan fingerprint density at radius 3 is 2.61 bits per heavy atom. The lowest BCUT2D eigenvalue weighted by Gasteiger charge is -2.07. The van der Waals surface area contributed by atoms with Crippen molar-refractivity contribution in [3.05, 3.63) is 36.2 Å². The van der Waals surface area contributed by atoms with Crippen LogP contribution >= 0.6 is 0 Å². The molecule has 0 radical (unpaired) electrons. The third-order valence-corrected chi connectivity index (χ3v) is 3.70. The summed E-state index contributed by atoms with van der Waals surface area (Å²) >= 11 is 0. The molecule has 0 aliphatic carbocycles. The van der Waals surface area contributed by atoms with Crippen LogP contribution in [0.15, 0.2) is 35.5 Å². The third-order valence-electron chi connectivity index (χ3n) is 2.34. The molecule has 1 aromatic heterocycles. The summed E-state index contributed by atoms with van der Waals surface area (Å²) in [5.74, 6) is 0. The van der Waals surface area contributed by atoms with Crippen LogP contribution in [0.25, 0.3) is 0 Å². The Morgan fingerprint density at radius 2 is 2.06 bits per heavy atom. The number of nitrogens with two attached hydrogens (primary N) is 1. The van der Waals surface area contributed by atoms with Crippen LogP contribution in [0.1, 0.15) is 5.56 Å². The minimum atomic E-state index is -3.63. The van der Waals surface area contributed by atoms with Crippen molar-refractivity contribution in [3.63, 3.8) is 0 Å². The molecule has 0 aliphatic rings. The maximum Gasteiger partial charge on any atom is 0.262 e. The average Bonchev–Trinajstić information content (AvgIpc) is 2.61. The van der Waals surface area contributed by atoms with Crippen LogP contribution in [0.2, 0.25) is 0 Å². The van der Waals surface area contributed by atoms with Gasteiger partial charge in [0.2, 0.25) is 0 Å². The van der Waals surface area contributed by atoms with Crippen LogP contribution in [0.4, 0.5) is 11.4 Å². The molecule has 0 amide bonds. The highest BCUT2D eigenvalue weighted by molar-refractivity contribution is 7.92. The van der Waals surface area contributed by atoms with Gasteiger partial charge in [-0.2, -0.15) is 5.10 Å². The molecule has 1 aromatic carbocycles. The third kappa shape index (κ3) is 2.62. The second-order valence-corrected chi connectivity index (χ2v) is 5.77. The van der Waals surface area contributed by atoms with E-state index >= 15 is 0 Å². The minimum absolute atomic E-state index is 0.142. The van der Waals surface area contributed by atoms with Gasteiger partial charge in [0.05, 0.1) is 16.8 Å². The van der Waals surface area contributed by atoms with Crippen molar-refractivity contribution in [1.29, 1.82) is 0 Å². The normalized spacial score (nSPS) is 11.4. The molecule has 0 saturated carbocycles. The molecular weight excluding hydrogens is 252 g/mol. The van der Waals surface area contributed by atoms with Gasteiger partial charge in [-0.05, 0) is 30.7 Å². The largest absolute Gasteiger partial charge is 0.399 e. The molecule has 7 heteroatoms. The van der Waals surface area contributed by atoms with Crippen molar-refractivity contribution in [2.45, 2.75) is 11.8 Å². The number of rotatable bonds is 3. The number of hydrogen-bond acceptors (Lipinski definition) is 4. The first-order valence-electron chi connectivity index (χ1n) is 5.25. The summed E-state index contributed by atoms with van der Waals surface area (Å²) in [6.45, 7) is 1.79. The summed E-state index contributed by atoms with van der Waals surface area (Å²) in [6.07, 6.45) is 3.02. The predicted molar refractivity (Wildman–Crippen MR) is 69.6 cm³/mol. The maximum absolute atomic E-state index is 12.1. The van der Waals surface area contributed by atoms with E-state index in [-0.39, 0.29) is 4.90 Å². The molecule has 0 saturated heterocycles. The van der Waals surface area contributed by atoms with E-state index in [0.717, 1.165) is 5.56 Å². The first-order chi connectivity index (χ1) is 8.37. The first-order valence-corrected chi connectivity index (χ1v) is 6.74. The van der Waals surface area contributed by atoms with E-state index in [1.807, 2.05) is 0 Å². The zero-order valence-electron chi connectivity index (χ0n) is 10.1. The molecule has 6 nitrogen and oxygen atoms in total. The zero-order chi connectivity index (χ0) is 13.3. The van der Waals surface area contributed by atoms with Gasteiger partial charge in [0, 0.05) is 18.9 Å². The number of nitrogen functional groups attached to an aromatic ring is 1. The number of benzene rings is 1. The van der Waals surface area contributed by atoms with Crippen LogP contribution in [0.3, 0.4) is 0 Å². The summed E-state index contributed by atoms with van der Waals surface area (Å²) in [5, 5.41) is 3.89. The van der Waals surface area contributed by atoms with Crippen LogP contribution in [0, 0.1) is 6.92 Å². The molecular formula is C11H14N4O2S. The van der Waals surface area contributed by atoms with Gasteiger partial charge in [-0.3, -0.25) is 9.40 Å². The van der Waals surface area contributed by atoms with E-state index in [2.05, 4.69) is 9.82 Å². The topological polar surface area (TPSA) is 90.0 Å². The highest BCUT2D eigenvalue weighted by atomic mass is 32.2. The van der Waals surface area contributed by atoms with Crippen LogP contribution < -0.4 is 10.5 Å². The molecule has 2 aromatic rings. The number of aromatic nitrogens is 2. The Morgan fingerprint density at radius 1 is 1.33 bits per heavy atom. The smallest absolute Gasteiger partial charge is 0.262 e. The second kappa shape index (κ2) is 4.34. The van der Waals surface area contributed by atoms with Gasteiger partial charge in [-0.1, -0.05) is 0 Å². The van der Waals surface area contributed by atoms with E-state index < -0.39 is 10.0 Å². The van der Waals surface area contributed by atoms with Gasteiger partial charge in [0.25, 0.3) is 10.0 Å². The van der Waals surface area contributed by atoms with Crippen LogP contribution in [0.5, 0.6) is 0 Å². The highest BCUT2D eigenvalue weighted by Crippen LogP contribution is 2.19. The first kappa shape index (κ1) is 12.4. The number of sulfonamides is 1. The lowest BCUT2D eigenvalue weighted by molar-refractivity contribution is 0.601. The molecule has 3 N–H and O–H groups in total. The van der Waals surface area contributed by atoms with Crippen molar-refractivity contribution < 1.29 is 8.42 Å². The molecule has 1 heterocycles. The predicted octanol–water partition coefficient (Wildman–Crippen LogP) is 1.11. The number of aryl methyl sites for hydroxylation is 2. The van der Waals surface area contributed by atoms with Crippen molar-refractivity contribution in [2.75, 3.05) is 10.5 Å². The Bertz CT molecular complexity index is 656. The van der Waals surface area contributed by atoms with E-state index in [1.165, 1.54) is 16.9 Å². The van der Waals surface area contributed by atoms with E-state index in [1.54, 1.807) is 32.3 Å². The summed E-state index contributed by atoms with van der Waals surface area (Å²) in [4.78, 5) is 0.142. The van der Waals surface area contributed by atoms with Crippen molar-refractivity contribution in [3.8, 4) is 0 Å². The summed E-state index contributed by atoms with van der Waals surface area (Å²) < 4.78 is 28.2. The quantitative estimate of drug-likeness (QED) is 0.814. The number of hydrogen-bond donors (Lipinski definition) is 2. The Hall–Kier alpha value is -2.02. The lowest BCUT2D eigenvalue weighted by Crippen LogP contribution is -2.13. The van der Waals surface area contributed by atoms with Crippen LogP contribution in [-0.2, 0) is 17.1 Å². The van der Waals surface area contributed by atoms with E-state index in [9.17, 15) is 8.42 Å². The fourth-order valence-corrected chi connectivity index (χ4v) is 2.79. The van der Waals surface area contributed by atoms with Gasteiger partial charge in [-0.25, -0.2) is 8.42 Å². The lowest BCUT2D eigenvalue weighted by atomic mass is 10.2. The monoisotopic (exact) mass is 266 g/mol. The Kier molecular flexibility index (Phi) is 3.00. The minimum Gasteiger partial charge on any atom is -0.399 e. The SMILES string of the molecule is Cc1cc(N)cc(S(=O)(=O)Nc2cnn(C)c2)c1. The van der Waals surface area contributed by atoms with Gasteiger partial charge >= 0.3 is 0 Å². The highest BCUT2D eigenvalue weighted by Gasteiger charge is 2.15. The number of nitrogens with one attached hydrogen (secondary N) is 1. The van der Waals surface area contributed by atoms with Crippen LogP contribution in [-0.4, -0.2) is 18.2 Å². The standard InChI is InChI=1S/C11H14N4O2S/c1-8-3-9(12)5-11(4-8)18(16,17)14-10-6-13-15(2)7-10/h3-7,14H,12H2,1-2H3. The summed E-state index contributed by atoms with van der Waals surface area (Å²) in [5.41, 5.74) is 7.27. The van der Waals surface area contributed by atoms with Crippen molar-refractivity contribution in [2.24, 2.45) is 7.05 Å². The zero-order valence-corrected chi connectivity index (χ0v) is 10.9. The Labute approximate surface area is 105 Å². The van der Waals surface area contributed by atoms with Gasteiger partial charge in [-0.15, -0.1) is 0 Å². The van der Waals surface area contributed by atoms with Crippen molar-refractivity contribution in [1.82, 2.24) is 9.78 Å². The van der Waals surface area contributed by atoms with Gasteiger partial charge in [0.1, 0.15) is 0 Å². The summed E-state index contributed by atoms with van der Waals surface area (Å²) in [7, 11) is -1.92. The molecule has 96 valence electrons. The summed E-state index contributed by atoms with van der Waals surface area (Å²) in [6, 6.07) is 4.70.